The normalized spacial score (nSPS) is 33.8. The van der Waals surface area contributed by atoms with Gasteiger partial charge >= 0.3 is 0 Å². The summed E-state index contributed by atoms with van der Waals surface area (Å²) in [6.07, 6.45) is 11.2. The molecule has 204 valence electrons. The first-order chi connectivity index (χ1) is 17.9. The minimum atomic E-state index is -0.675. The molecule has 6 rings (SSSR count). The molecule has 2 amide bonds. The van der Waals surface area contributed by atoms with Crippen LogP contribution in [-0.2, 0) is 14.4 Å². The van der Waals surface area contributed by atoms with Crippen LogP contribution in [0.2, 0.25) is 5.02 Å². The maximum Gasteiger partial charge on any atom is 0.258 e. The van der Waals surface area contributed by atoms with Gasteiger partial charge in [-0.3, -0.25) is 14.4 Å². The summed E-state index contributed by atoms with van der Waals surface area (Å²) in [5.74, 6) is 0.630. The van der Waals surface area contributed by atoms with Gasteiger partial charge in [0.05, 0.1) is 11.1 Å². The van der Waals surface area contributed by atoms with Crippen LogP contribution in [0.15, 0.2) is 18.2 Å². The largest absolute Gasteiger partial charge is 0.484 e. The van der Waals surface area contributed by atoms with Gasteiger partial charge < -0.3 is 15.4 Å². The molecule has 0 radical (unpaired) electrons. The van der Waals surface area contributed by atoms with E-state index in [1.807, 2.05) is 0 Å². The molecule has 1 aromatic rings. The zero-order chi connectivity index (χ0) is 26.0. The first-order valence-corrected chi connectivity index (χ1v) is 14.4. The van der Waals surface area contributed by atoms with Gasteiger partial charge in [-0.25, -0.2) is 4.39 Å². The molecule has 37 heavy (non-hydrogen) atoms. The summed E-state index contributed by atoms with van der Waals surface area (Å²) < 4.78 is 19.1. The van der Waals surface area contributed by atoms with E-state index in [0.717, 1.165) is 44.9 Å². The van der Waals surface area contributed by atoms with Gasteiger partial charge in [0.2, 0.25) is 5.91 Å². The van der Waals surface area contributed by atoms with Gasteiger partial charge in [0.1, 0.15) is 17.1 Å². The van der Waals surface area contributed by atoms with Crippen LogP contribution in [0.1, 0.15) is 77.6 Å². The number of nitrogens with one attached hydrogen (secondary N) is 3. The Morgan fingerprint density at radius 2 is 1.81 bits per heavy atom. The minimum Gasteiger partial charge on any atom is -0.484 e. The molecule has 4 saturated carbocycles. The molecule has 1 aliphatic heterocycles. The average Bonchev–Trinajstić information content (AvgIpc) is 3.12. The van der Waals surface area contributed by atoms with Crippen molar-refractivity contribution >= 4 is 23.4 Å². The summed E-state index contributed by atoms with van der Waals surface area (Å²) in [5.41, 5.74) is 2.56. The maximum absolute atomic E-state index is 13.9. The lowest BCUT2D eigenvalue weighted by Crippen LogP contribution is -2.65. The Balaban J connectivity index is 1.19. The lowest BCUT2D eigenvalue weighted by atomic mass is 9.60. The van der Waals surface area contributed by atoms with Crippen molar-refractivity contribution in [1.29, 1.82) is 0 Å². The van der Waals surface area contributed by atoms with E-state index in [9.17, 15) is 14.0 Å². The Labute approximate surface area is 223 Å². The summed E-state index contributed by atoms with van der Waals surface area (Å²) in [4.78, 5) is 32.4. The molecule has 0 spiro atoms. The molecular formula is C28H39ClFN3O4. The summed E-state index contributed by atoms with van der Waals surface area (Å²) in [7, 11) is 0. The smallest absolute Gasteiger partial charge is 0.258 e. The van der Waals surface area contributed by atoms with Crippen molar-refractivity contribution in [3.8, 4) is 5.75 Å². The molecule has 1 saturated heterocycles. The van der Waals surface area contributed by atoms with Crippen LogP contribution in [-0.4, -0.2) is 42.1 Å². The van der Waals surface area contributed by atoms with Gasteiger partial charge in [-0.2, -0.15) is 5.48 Å². The fourth-order valence-corrected chi connectivity index (χ4v) is 6.96. The molecular weight excluding hydrogens is 497 g/mol. The fourth-order valence-electron chi connectivity index (χ4n) is 6.84. The van der Waals surface area contributed by atoms with Gasteiger partial charge in [0.15, 0.2) is 6.61 Å². The number of amides is 2. The van der Waals surface area contributed by atoms with Crippen molar-refractivity contribution in [1.82, 2.24) is 16.1 Å². The minimum absolute atomic E-state index is 0.0111. The molecule has 2 bridgehead atoms. The van der Waals surface area contributed by atoms with E-state index in [1.54, 1.807) is 0 Å². The second kappa shape index (κ2) is 11.5. The third-order valence-electron chi connectivity index (χ3n) is 9.15. The monoisotopic (exact) mass is 535 g/mol. The van der Waals surface area contributed by atoms with Crippen molar-refractivity contribution < 1.29 is 23.6 Å². The highest BCUT2D eigenvalue weighted by molar-refractivity contribution is 6.30. The van der Waals surface area contributed by atoms with Gasteiger partial charge in [-0.05, 0) is 68.4 Å². The molecule has 9 heteroatoms. The van der Waals surface area contributed by atoms with E-state index in [2.05, 4.69) is 23.0 Å². The molecule has 4 atom stereocenters. The number of benzene rings is 1. The standard InChI is InChI=1S/C28H39ClFN3O4/c1-2-20-15-28(33-37-20,19-7-5-3-4-6-8-19)27(35)32-25-14-24(17-11-18(25)12-17)31-26(34)16-36-21-9-10-22(29)23(30)13-21/h9-10,13,17-20,24-25,33H,2-8,11-12,14-16H2,1H3,(H,31,34)(H,32,35)/t17?,18?,20?,24-,25+,28?/m0/s1. The SMILES string of the molecule is CCC1CC(C(=O)N[C@@H]2C[C@H](NC(=O)COc3ccc(Cl)c(F)c3)C3CC2C3)(C2CCCCCC2)NO1. The van der Waals surface area contributed by atoms with Crippen molar-refractivity contribution in [2.75, 3.05) is 6.61 Å². The predicted molar refractivity (Wildman–Crippen MR) is 138 cm³/mol. The van der Waals surface area contributed by atoms with E-state index in [4.69, 9.17) is 21.2 Å². The molecule has 1 heterocycles. The third kappa shape index (κ3) is 5.76. The first kappa shape index (κ1) is 26.7. The summed E-state index contributed by atoms with van der Waals surface area (Å²) >= 11 is 5.71. The zero-order valence-corrected chi connectivity index (χ0v) is 22.3. The number of carbonyl (C=O) groups excluding carboxylic acids is 2. The predicted octanol–water partition coefficient (Wildman–Crippen LogP) is 4.67. The van der Waals surface area contributed by atoms with Gasteiger partial charge in [-0.1, -0.05) is 44.2 Å². The van der Waals surface area contributed by atoms with Gasteiger partial charge in [-0.15, -0.1) is 0 Å². The molecule has 3 N–H and O–H groups in total. The first-order valence-electron chi connectivity index (χ1n) is 14.0. The van der Waals surface area contributed by atoms with Crippen molar-refractivity contribution in [2.45, 2.75) is 101 Å². The number of rotatable bonds is 8. The third-order valence-corrected chi connectivity index (χ3v) is 9.46. The van der Waals surface area contributed by atoms with E-state index in [0.29, 0.717) is 24.7 Å². The number of hydrogen-bond acceptors (Lipinski definition) is 5. The number of hydroxylamine groups is 1. The fraction of sp³-hybridized carbons (Fsp3) is 0.714. The molecule has 5 fully saturated rings. The number of halogens is 2. The number of fused-ring (bicyclic) bond motifs is 2. The topological polar surface area (TPSA) is 88.7 Å². The van der Waals surface area contributed by atoms with E-state index in [-0.39, 0.29) is 53.3 Å². The Hall–Kier alpha value is -1.90. The van der Waals surface area contributed by atoms with E-state index >= 15 is 0 Å². The van der Waals surface area contributed by atoms with Crippen LogP contribution in [0.25, 0.3) is 0 Å². The van der Waals surface area contributed by atoms with Crippen LogP contribution in [0, 0.1) is 23.6 Å². The number of hydrogen-bond donors (Lipinski definition) is 3. The quantitative estimate of drug-likeness (QED) is 0.421. The molecule has 0 aromatic heterocycles. The highest BCUT2D eigenvalue weighted by atomic mass is 35.5. The number of carbonyl (C=O) groups is 2. The van der Waals surface area contributed by atoms with Gasteiger partial charge in [0.25, 0.3) is 5.91 Å². The summed E-state index contributed by atoms with van der Waals surface area (Å²) in [6, 6.07) is 4.13. The second-order valence-electron chi connectivity index (χ2n) is 11.5. The van der Waals surface area contributed by atoms with E-state index in [1.165, 1.54) is 31.0 Å². The van der Waals surface area contributed by atoms with Crippen LogP contribution >= 0.6 is 11.6 Å². The van der Waals surface area contributed by atoms with E-state index < -0.39 is 11.4 Å². The van der Waals surface area contributed by atoms with Crippen LogP contribution in [0.4, 0.5) is 4.39 Å². The van der Waals surface area contributed by atoms with Crippen LogP contribution in [0.5, 0.6) is 5.75 Å². The van der Waals surface area contributed by atoms with Crippen molar-refractivity contribution in [2.24, 2.45) is 17.8 Å². The second-order valence-corrected chi connectivity index (χ2v) is 11.9. The molecule has 7 nitrogen and oxygen atoms in total. The zero-order valence-electron chi connectivity index (χ0n) is 21.6. The molecule has 5 aliphatic rings. The molecule has 2 unspecified atom stereocenters. The van der Waals surface area contributed by atoms with Crippen LogP contribution < -0.4 is 20.9 Å². The van der Waals surface area contributed by atoms with Crippen LogP contribution in [0.3, 0.4) is 0 Å². The molecule has 1 aromatic carbocycles. The highest BCUT2D eigenvalue weighted by Gasteiger charge is 2.54. The lowest BCUT2D eigenvalue weighted by molar-refractivity contribution is -0.136. The van der Waals surface area contributed by atoms with Crippen molar-refractivity contribution in [3.05, 3.63) is 29.0 Å². The summed E-state index contributed by atoms with van der Waals surface area (Å²) in [6.45, 7) is 1.90. The average molecular weight is 536 g/mol. The summed E-state index contributed by atoms with van der Waals surface area (Å²) in [5, 5.41) is 6.51. The lowest BCUT2D eigenvalue weighted by Gasteiger charge is -2.52. The Morgan fingerprint density at radius 3 is 2.46 bits per heavy atom. The number of ether oxygens (including phenoxy) is 1. The molecule has 4 aliphatic carbocycles. The Kier molecular flexibility index (Phi) is 8.27. The van der Waals surface area contributed by atoms with Crippen molar-refractivity contribution in [3.63, 3.8) is 0 Å². The van der Waals surface area contributed by atoms with Gasteiger partial charge in [0, 0.05) is 24.6 Å². The Bertz CT molecular complexity index is 982. The Morgan fingerprint density at radius 1 is 1.11 bits per heavy atom. The maximum atomic E-state index is 13.9. The highest BCUT2D eigenvalue weighted by Crippen LogP contribution is 2.46.